The van der Waals surface area contributed by atoms with Gasteiger partial charge in [0, 0.05) is 22.5 Å². The Morgan fingerprint density at radius 2 is 0.842 bits per heavy atom. The van der Waals surface area contributed by atoms with Crippen molar-refractivity contribution in [2.45, 2.75) is 31.1 Å². The minimum atomic E-state index is -0.116. The summed E-state index contributed by atoms with van der Waals surface area (Å²) in [4.78, 5) is 2.41. The number of hydrogen-bond acceptors (Lipinski definition) is 1. The van der Waals surface area contributed by atoms with Gasteiger partial charge in [-0.1, -0.05) is 231 Å². The Hall–Kier alpha value is -9.30. The smallest absolute Gasteiger partial charge is 0.0465 e. The van der Waals surface area contributed by atoms with Crippen LogP contribution in [0.15, 0.2) is 290 Å². The molecule has 3 aliphatic carbocycles. The second-order valence-corrected chi connectivity index (χ2v) is 20.8. The Kier molecular flexibility index (Phi) is 11.4. The van der Waals surface area contributed by atoms with Crippen molar-refractivity contribution in [1.82, 2.24) is 0 Å². The molecule has 0 aromatic heterocycles. The molecule has 0 N–H and O–H groups in total. The second kappa shape index (κ2) is 19.2. The maximum absolute atomic E-state index is 2.57. The quantitative estimate of drug-likeness (QED) is 0.132. The zero-order valence-electron chi connectivity index (χ0n) is 42.4. The predicted molar refractivity (Wildman–Crippen MR) is 321 cm³/mol. The third kappa shape index (κ3) is 8.04. The first-order valence-corrected chi connectivity index (χ1v) is 26.9. The van der Waals surface area contributed by atoms with E-state index in [2.05, 4.69) is 290 Å². The van der Waals surface area contributed by atoms with E-state index in [0.717, 1.165) is 37.1 Å². The van der Waals surface area contributed by atoms with E-state index in [1.54, 1.807) is 0 Å². The van der Waals surface area contributed by atoms with Crippen LogP contribution in [0.1, 0.15) is 40.7 Å². The molecule has 11 aromatic carbocycles. The molecule has 0 unspecified atom stereocenters. The van der Waals surface area contributed by atoms with Gasteiger partial charge in [-0.15, -0.1) is 0 Å². The molecular formula is C75H55N. The summed E-state index contributed by atoms with van der Waals surface area (Å²) in [5, 5.41) is 2.45. The van der Waals surface area contributed by atoms with Gasteiger partial charge in [0.2, 0.25) is 0 Å². The summed E-state index contributed by atoms with van der Waals surface area (Å²) in [5.74, 6) is 0. The molecule has 0 fully saturated rings. The maximum atomic E-state index is 2.57. The zero-order valence-corrected chi connectivity index (χ0v) is 42.4. The fourth-order valence-corrected chi connectivity index (χ4v) is 12.9. The third-order valence-electron chi connectivity index (χ3n) is 16.3. The number of benzene rings is 11. The Morgan fingerprint density at radius 3 is 1.43 bits per heavy atom. The van der Waals surface area contributed by atoms with Crippen LogP contribution in [-0.2, 0) is 18.3 Å². The minimum Gasteiger partial charge on any atom is -0.310 e. The Morgan fingerprint density at radius 1 is 0.342 bits per heavy atom. The van der Waals surface area contributed by atoms with Gasteiger partial charge in [0.15, 0.2) is 0 Å². The minimum absolute atomic E-state index is 0.116. The average Bonchev–Trinajstić information content (AvgIpc) is 4.10. The molecule has 11 aromatic rings. The molecule has 76 heavy (non-hydrogen) atoms. The van der Waals surface area contributed by atoms with Gasteiger partial charge >= 0.3 is 0 Å². The maximum Gasteiger partial charge on any atom is 0.0465 e. The van der Waals surface area contributed by atoms with Crippen molar-refractivity contribution in [1.29, 1.82) is 0 Å². The highest BCUT2D eigenvalue weighted by molar-refractivity contribution is 6.08. The standard InChI is InChI=1S/C75H55N/c1-7-21-54(22-8-1)68-49-69(73(56-25-11-3-12-26-56)74(57-27-13-4-14-28-57)72(68)55-23-9-2-10-24-55)60-41-40-58-45-52(37-39-59(58)47-60)35-36-53-38-43-66-67-44-42-65(76(63-31-15-5-16-32-63)64-33-17-6-18-34-64)48-71(67)75(70(66)46-53)50-61-29-19-20-30-62(61)51-75/h1-37,39-42,44-49H,38,43,50-51H2/b36-35+. The Balaban J connectivity index is 0.838. The van der Waals surface area contributed by atoms with E-state index in [4.69, 9.17) is 0 Å². The fourth-order valence-electron chi connectivity index (χ4n) is 12.9. The zero-order chi connectivity index (χ0) is 50.4. The first kappa shape index (κ1) is 45.3. The van der Waals surface area contributed by atoms with Crippen LogP contribution in [0, 0.1) is 0 Å². The van der Waals surface area contributed by atoms with Gasteiger partial charge in [0.05, 0.1) is 0 Å². The molecule has 1 nitrogen and oxygen atoms in total. The summed E-state index contributed by atoms with van der Waals surface area (Å²) in [6.45, 7) is 0. The normalized spacial score (nSPS) is 14.2. The molecule has 1 spiro atoms. The third-order valence-corrected chi connectivity index (χ3v) is 16.3. The van der Waals surface area contributed by atoms with Gasteiger partial charge in [-0.05, 0) is 191 Å². The highest BCUT2D eigenvalue weighted by Gasteiger charge is 2.48. The molecule has 0 saturated heterocycles. The molecule has 3 aliphatic rings. The molecule has 0 atom stereocenters. The van der Waals surface area contributed by atoms with Crippen LogP contribution >= 0.6 is 0 Å². The molecular weight excluding hydrogens is 915 g/mol. The van der Waals surface area contributed by atoms with Gasteiger partial charge in [-0.25, -0.2) is 0 Å². The highest BCUT2D eigenvalue weighted by Crippen LogP contribution is 2.58. The van der Waals surface area contributed by atoms with Gasteiger partial charge in [-0.3, -0.25) is 0 Å². The first-order valence-electron chi connectivity index (χ1n) is 26.9. The summed E-state index contributed by atoms with van der Waals surface area (Å²) in [6.07, 6.45) is 11.4. The van der Waals surface area contributed by atoms with E-state index in [1.165, 1.54) is 117 Å². The lowest BCUT2D eigenvalue weighted by molar-refractivity contribution is 0.556. The number of nitrogens with zero attached hydrogens (tertiary/aromatic N) is 1. The van der Waals surface area contributed by atoms with E-state index in [-0.39, 0.29) is 5.41 Å². The van der Waals surface area contributed by atoms with E-state index >= 15 is 0 Å². The van der Waals surface area contributed by atoms with E-state index in [0.29, 0.717) is 0 Å². The van der Waals surface area contributed by atoms with E-state index in [9.17, 15) is 0 Å². The molecule has 0 bridgehead atoms. The number of para-hydroxylation sites is 2. The van der Waals surface area contributed by atoms with Crippen LogP contribution in [-0.4, -0.2) is 0 Å². The largest absolute Gasteiger partial charge is 0.310 e. The van der Waals surface area contributed by atoms with Gasteiger partial charge in [0.1, 0.15) is 0 Å². The van der Waals surface area contributed by atoms with Gasteiger partial charge in [-0.2, -0.15) is 0 Å². The predicted octanol–water partition coefficient (Wildman–Crippen LogP) is 19.9. The first-order chi connectivity index (χ1) is 37.6. The van der Waals surface area contributed by atoms with Crippen LogP contribution in [0.5, 0.6) is 0 Å². The van der Waals surface area contributed by atoms with Crippen LogP contribution in [0.3, 0.4) is 0 Å². The van der Waals surface area contributed by atoms with Crippen molar-refractivity contribution in [2.75, 3.05) is 4.90 Å². The molecule has 0 radical (unpaired) electrons. The van der Waals surface area contributed by atoms with Crippen LogP contribution in [0.4, 0.5) is 17.1 Å². The summed E-state index contributed by atoms with van der Waals surface area (Å²) in [6, 6.07) is 98.3. The molecule has 360 valence electrons. The van der Waals surface area contributed by atoms with Crippen molar-refractivity contribution < 1.29 is 0 Å². The van der Waals surface area contributed by atoms with Crippen LogP contribution < -0.4 is 4.90 Å². The van der Waals surface area contributed by atoms with Crippen LogP contribution in [0.2, 0.25) is 0 Å². The molecule has 0 saturated carbocycles. The van der Waals surface area contributed by atoms with Crippen molar-refractivity contribution >= 4 is 39.5 Å². The summed E-state index contributed by atoms with van der Waals surface area (Å²) >= 11 is 0. The van der Waals surface area contributed by atoms with Crippen molar-refractivity contribution in [3.8, 4) is 55.6 Å². The fraction of sp³-hybridized carbons (Fsp3) is 0.0667. The Bertz CT molecular complexity index is 3990. The number of rotatable bonds is 10. The van der Waals surface area contributed by atoms with Crippen molar-refractivity contribution in [3.63, 3.8) is 0 Å². The van der Waals surface area contributed by atoms with Gasteiger partial charge in [0.25, 0.3) is 0 Å². The van der Waals surface area contributed by atoms with E-state index in [1.807, 2.05) is 0 Å². The monoisotopic (exact) mass is 969 g/mol. The Labute approximate surface area is 446 Å². The molecule has 0 amide bonds. The number of allylic oxidation sites excluding steroid dienone is 5. The molecule has 0 heterocycles. The van der Waals surface area contributed by atoms with E-state index < -0.39 is 0 Å². The summed E-state index contributed by atoms with van der Waals surface area (Å²) in [5.41, 5.74) is 27.0. The SMILES string of the molecule is C1=C(/C=C/c2ccc3cc(-c4cc(-c5ccccc5)c(-c5ccccc5)c(-c5ccccc5)c4-c4ccccc4)ccc3c2)CCC2=C1C1(Cc3ccccc3C1)c1cc(N(c3ccccc3)c3ccccc3)ccc12. The van der Waals surface area contributed by atoms with Gasteiger partial charge < -0.3 is 4.90 Å². The topological polar surface area (TPSA) is 3.24 Å². The number of anilines is 3. The van der Waals surface area contributed by atoms with Crippen LogP contribution in [0.25, 0.3) is 78.1 Å². The number of hydrogen-bond donors (Lipinski definition) is 0. The summed E-state index contributed by atoms with van der Waals surface area (Å²) < 4.78 is 0. The van der Waals surface area contributed by atoms with Crippen molar-refractivity contribution in [2.24, 2.45) is 0 Å². The highest BCUT2D eigenvalue weighted by atomic mass is 15.1. The molecule has 14 rings (SSSR count). The lowest BCUT2D eigenvalue weighted by atomic mass is 9.73. The lowest BCUT2D eigenvalue weighted by Crippen LogP contribution is -2.27. The number of fused-ring (bicyclic) bond motifs is 6. The lowest BCUT2D eigenvalue weighted by Gasteiger charge is -2.31. The second-order valence-electron chi connectivity index (χ2n) is 20.8. The average molecular weight is 970 g/mol. The summed E-state index contributed by atoms with van der Waals surface area (Å²) in [7, 11) is 0. The molecule has 1 heteroatoms. The molecule has 0 aliphatic heterocycles. The van der Waals surface area contributed by atoms with Crippen molar-refractivity contribution in [3.05, 3.63) is 318 Å².